The lowest BCUT2D eigenvalue weighted by Crippen LogP contribution is -3.15. The molecule has 0 heterocycles. The van der Waals surface area contributed by atoms with Crippen LogP contribution in [0.25, 0.3) is 10.8 Å². The van der Waals surface area contributed by atoms with E-state index in [0.29, 0.717) is 19.1 Å². The molecule has 0 radical (unpaired) electrons. The van der Waals surface area contributed by atoms with E-state index in [0.717, 1.165) is 34.2 Å². The number of hydrogen-bond acceptors (Lipinski definition) is 2. The Morgan fingerprint density at radius 2 is 1.88 bits per heavy atom. The maximum atomic E-state index is 13.1. The molecule has 1 aliphatic rings. The lowest BCUT2D eigenvalue weighted by molar-refractivity contribution is -0.885. The Balaban J connectivity index is 1.75. The van der Waals surface area contributed by atoms with Crippen LogP contribution >= 0.6 is 0 Å². The summed E-state index contributed by atoms with van der Waals surface area (Å²) in [7, 11) is 1.91. The first-order valence-corrected chi connectivity index (χ1v) is 9.42. The number of nitrogens with one attached hydrogen (secondary N) is 2. The second kappa shape index (κ2) is 7.87. The molecule has 0 aliphatic heterocycles. The summed E-state index contributed by atoms with van der Waals surface area (Å²) in [5, 5.41) is 5.18. The third-order valence-corrected chi connectivity index (χ3v) is 5.13. The largest absolute Gasteiger partial charge is 0.348 e. The highest BCUT2D eigenvalue weighted by molar-refractivity contribution is 6.04. The number of rotatable bonds is 7. The van der Waals surface area contributed by atoms with Crippen molar-refractivity contribution in [1.29, 1.82) is 0 Å². The van der Waals surface area contributed by atoms with Gasteiger partial charge in [-0.05, 0) is 38.1 Å². The minimum Gasteiger partial charge on any atom is -0.348 e. The third-order valence-electron chi connectivity index (χ3n) is 5.13. The number of quaternary nitrogens is 1. The summed E-state index contributed by atoms with van der Waals surface area (Å²) in [5.74, 6) is 0.0680. The Hall–Kier alpha value is -2.40. The predicted octanol–water partition coefficient (Wildman–Crippen LogP) is 1.37. The number of carbonyl (C=O) groups excluding carboxylic acids is 2. The number of hydrogen-bond donors (Lipinski definition) is 2. The quantitative estimate of drug-likeness (QED) is 0.789. The highest BCUT2D eigenvalue weighted by Crippen LogP contribution is 2.27. The zero-order chi connectivity index (χ0) is 18.7. The van der Waals surface area contributed by atoms with Gasteiger partial charge in [0.25, 0.3) is 11.8 Å². The Kier molecular flexibility index (Phi) is 5.57. The average molecular weight is 354 g/mol. The van der Waals surface area contributed by atoms with Gasteiger partial charge in [0.15, 0.2) is 12.6 Å². The summed E-state index contributed by atoms with van der Waals surface area (Å²) in [6, 6.07) is 14.2. The highest BCUT2D eigenvalue weighted by atomic mass is 16.2. The molecule has 2 atom stereocenters. The minimum atomic E-state index is -0.293. The minimum absolute atomic E-state index is 0.0258. The van der Waals surface area contributed by atoms with E-state index in [1.165, 1.54) is 0 Å². The van der Waals surface area contributed by atoms with Crippen LogP contribution in [0.15, 0.2) is 42.5 Å². The Bertz CT molecular complexity index is 795. The smallest absolute Gasteiger partial charge is 0.284 e. The molecule has 138 valence electrons. The lowest BCUT2D eigenvalue weighted by atomic mass is 10.1. The fourth-order valence-electron chi connectivity index (χ4n) is 3.25. The standard InChI is InChI=1S/C21H27N3O2/c1-4-24(19-11-7-9-16-8-5-6-10-18(16)19)21(26)15(2)23(3)14-20(25)22-17-12-13-17/h5-11,15,17H,4,12-14H2,1-3H3,(H,22,25)/p+1/t15-/m0/s1. The van der Waals surface area contributed by atoms with Crippen LogP contribution < -0.4 is 15.1 Å². The lowest BCUT2D eigenvalue weighted by Gasteiger charge is -2.28. The molecule has 5 nitrogen and oxygen atoms in total. The third kappa shape index (κ3) is 4.05. The molecule has 2 N–H and O–H groups in total. The molecule has 2 aromatic rings. The first-order valence-electron chi connectivity index (χ1n) is 9.42. The molecule has 0 aromatic heterocycles. The first-order chi connectivity index (χ1) is 12.5. The number of carbonyl (C=O) groups is 2. The van der Waals surface area contributed by atoms with Crippen LogP contribution in [0.4, 0.5) is 5.69 Å². The zero-order valence-corrected chi connectivity index (χ0v) is 15.8. The van der Waals surface area contributed by atoms with Crippen LogP contribution in [0.5, 0.6) is 0 Å². The van der Waals surface area contributed by atoms with Gasteiger partial charge in [-0.25, -0.2) is 0 Å². The second-order valence-electron chi connectivity index (χ2n) is 7.17. The van der Waals surface area contributed by atoms with Gasteiger partial charge in [0, 0.05) is 18.0 Å². The van der Waals surface area contributed by atoms with Gasteiger partial charge in [0.2, 0.25) is 0 Å². The van der Waals surface area contributed by atoms with E-state index in [4.69, 9.17) is 0 Å². The van der Waals surface area contributed by atoms with Crippen molar-refractivity contribution in [3.63, 3.8) is 0 Å². The van der Waals surface area contributed by atoms with Crippen molar-refractivity contribution in [2.75, 3.05) is 25.0 Å². The van der Waals surface area contributed by atoms with Crippen LogP contribution in [0.1, 0.15) is 26.7 Å². The number of fused-ring (bicyclic) bond motifs is 1. The van der Waals surface area contributed by atoms with Crippen LogP contribution in [0, 0.1) is 0 Å². The van der Waals surface area contributed by atoms with Crippen LogP contribution in [-0.4, -0.2) is 44.0 Å². The summed E-state index contributed by atoms with van der Waals surface area (Å²) >= 11 is 0. The second-order valence-corrected chi connectivity index (χ2v) is 7.17. The van der Waals surface area contributed by atoms with E-state index in [1.807, 2.05) is 56.1 Å². The summed E-state index contributed by atoms with van der Waals surface area (Å²) in [5.41, 5.74) is 0.928. The van der Waals surface area contributed by atoms with Crippen molar-refractivity contribution >= 4 is 28.3 Å². The maximum absolute atomic E-state index is 13.1. The monoisotopic (exact) mass is 354 g/mol. The van der Waals surface area contributed by atoms with Gasteiger partial charge in [-0.15, -0.1) is 0 Å². The van der Waals surface area contributed by atoms with E-state index in [2.05, 4.69) is 17.4 Å². The van der Waals surface area contributed by atoms with Crippen molar-refractivity contribution in [2.45, 2.75) is 38.8 Å². The molecule has 2 aromatic carbocycles. The van der Waals surface area contributed by atoms with Gasteiger partial charge >= 0.3 is 0 Å². The predicted molar refractivity (Wildman–Crippen MR) is 104 cm³/mol. The molecular formula is C21H28N3O2+. The van der Waals surface area contributed by atoms with Crippen molar-refractivity contribution in [2.24, 2.45) is 0 Å². The fourth-order valence-corrected chi connectivity index (χ4v) is 3.25. The number of nitrogens with zero attached hydrogens (tertiary/aromatic N) is 1. The maximum Gasteiger partial charge on any atom is 0.284 e. The molecule has 1 unspecified atom stereocenters. The van der Waals surface area contributed by atoms with Crippen LogP contribution in [0.3, 0.4) is 0 Å². The molecule has 5 heteroatoms. The number of likely N-dealkylation sites (N-methyl/N-ethyl adjacent to an activating group) is 2. The topological polar surface area (TPSA) is 53.9 Å². The Labute approximate surface area is 155 Å². The molecule has 26 heavy (non-hydrogen) atoms. The molecule has 1 saturated carbocycles. The van der Waals surface area contributed by atoms with Gasteiger partial charge in [-0.2, -0.15) is 0 Å². The van der Waals surface area contributed by atoms with E-state index in [-0.39, 0.29) is 17.9 Å². The number of anilines is 1. The Morgan fingerprint density at radius 1 is 1.19 bits per heavy atom. The van der Waals surface area contributed by atoms with Crippen molar-refractivity contribution < 1.29 is 14.5 Å². The van der Waals surface area contributed by atoms with Gasteiger partial charge < -0.3 is 15.1 Å². The summed E-state index contributed by atoms with van der Waals surface area (Å²) in [4.78, 5) is 27.9. The molecule has 0 saturated heterocycles. The van der Waals surface area contributed by atoms with E-state index >= 15 is 0 Å². The van der Waals surface area contributed by atoms with Crippen LogP contribution in [0.2, 0.25) is 0 Å². The molecular weight excluding hydrogens is 326 g/mol. The summed E-state index contributed by atoms with van der Waals surface area (Å²) in [6.07, 6.45) is 2.15. The van der Waals surface area contributed by atoms with E-state index in [9.17, 15) is 9.59 Å². The SMILES string of the molecule is CCN(C(=O)[C@H](C)[NH+](C)CC(=O)NC1CC1)c1cccc2ccccc12. The molecule has 3 rings (SSSR count). The molecule has 0 bridgehead atoms. The van der Waals surface area contributed by atoms with Crippen molar-refractivity contribution in [1.82, 2.24) is 5.32 Å². The number of benzene rings is 2. The van der Waals surface area contributed by atoms with E-state index < -0.39 is 0 Å². The number of amides is 2. The highest BCUT2D eigenvalue weighted by Gasteiger charge is 2.30. The normalized spacial score (nSPS) is 16.1. The van der Waals surface area contributed by atoms with E-state index in [1.54, 1.807) is 0 Å². The molecule has 0 spiro atoms. The molecule has 2 amide bonds. The van der Waals surface area contributed by atoms with Gasteiger partial charge in [0.1, 0.15) is 0 Å². The molecule has 1 aliphatic carbocycles. The summed E-state index contributed by atoms with van der Waals surface area (Å²) < 4.78 is 0. The van der Waals surface area contributed by atoms with Gasteiger partial charge in [-0.3, -0.25) is 9.59 Å². The zero-order valence-electron chi connectivity index (χ0n) is 15.8. The first kappa shape index (κ1) is 18.4. The van der Waals surface area contributed by atoms with Gasteiger partial charge in [0.05, 0.1) is 12.7 Å². The molecule has 1 fully saturated rings. The summed E-state index contributed by atoms with van der Waals surface area (Å²) in [6.45, 7) is 4.80. The average Bonchev–Trinajstić information content (AvgIpc) is 3.45. The van der Waals surface area contributed by atoms with Crippen molar-refractivity contribution in [3.8, 4) is 0 Å². The van der Waals surface area contributed by atoms with Crippen LogP contribution in [-0.2, 0) is 9.59 Å². The Morgan fingerprint density at radius 3 is 2.58 bits per heavy atom. The van der Waals surface area contributed by atoms with Gasteiger partial charge in [-0.1, -0.05) is 36.4 Å². The fraction of sp³-hybridized carbons (Fsp3) is 0.429. The van der Waals surface area contributed by atoms with Crippen molar-refractivity contribution in [3.05, 3.63) is 42.5 Å².